The summed E-state index contributed by atoms with van der Waals surface area (Å²) in [5.41, 5.74) is 2.00. The lowest BCUT2D eigenvalue weighted by Crippen LogP contribution is -2.06. The molecule has 1 aromatic rings. The van der Waals surface area contributed by atoms with E-state index in [1.54, 1.807) is 0 Å². The molecule has 0 spiro atoms. The molecular formula is C2H3N5O. The zero-order valence-corrected chi connectivity index (χ0v) is 3.85. The molecule has 0 unspecified atom stereocenters. The molecular weight excluding hydrogens is 110 g/mol. The van der Waals surface area contributed by atoms with Crippen molar-refractivity contribution in [3.05, 3.63) is 17.6 Å². The summed E-state index contributed by atoms with van der Waals surface area (Å²) >= 11 is 0. The van der Waals surface area contributed by atoms with Gasteiger partial charge in [-0.3, -0.25) is 0 Å². The van der Waals surface area contributed by atoms with Gasteiger partial charge < -0.3 is 0 Å². The van der Waals surface area contributed by atoms with E-state index in [1.165, 1.54) is 12.7 Å². The summed E-state index contributed by atoms with van der Waals surface area (Å²) in [6.45, 7) is 0. The summed E-state index contributed by atoms with van der Waals surface area (Å²) in [7, 11) is 0. The van der Waals surface area contributed by atoms with Crippen molar-refractivity contribution in [1.29, 1.82) is 0 Å². The number of nitrogens with one attached hydrogen (secondary N) is 1. The van der Waals surface area contributed by atoms with Crippen LogP contribution in [0.3, 0.4) is 0 Å². The van der Waals surface area contributed by atoms with Gasteiger partial charge in [-0.2, -0.15) is 5.53 Å². The van der Waals surface area contributed by atoms with Gasteiger partial charge in [-0.05, 0) is 0 Å². The Morgan fingerprint density at radius 2 is 2.62 bits per heavy atom. The van der Waals surface area contributed by atoms with Gasteiger partial charge in [-0.15, -0.1) is 14.8 Å². The molecule has 0 fully saturated rings. The van der Waals surface area contributed by atoms with Gasteiger partial charge in [0.1, 0.15) is 12.7 Å². The van der Waals surface area contributed by atoms with E-state index in [-0.39, 0.29) is 0 Å². The standard InChI is InChI=1S/C2H3N5O/c8-6-5-7-2-3-1-4-7/h1-2H,(H,5,8). The quantitative estimate of drug-likeness (QED) is 0.414. The molecule has 42 valence electrons. The SMILES string of the molecule is O=NNn1cncn1. The van der Waals surface area contributed by atoms with Gasteiger partial charge in [0.2, 0.25) is 0 Å². The van der Waals surface area contributed by atoms with Crippen molar-refractivity contribution in [3.63, 3.8) is 0 Å². The fourth-order valence-electron chi connectivity index (χ4n) is 0.302. The average molecular weight is 113 g/mol. The Morgan fingerprint density at radius 3 is 3.12 bits per heavy atom. The minimum atomic E-state index is 1.09. The highest BCUT2D eigenvalue weighted by molar-refractivity contribution is 4.60. The first kappa shape index (κ1) is 4.69. The normalized spacial score (nSPS) is 8.50. The number of nitrogens with zero attached hydrogens (tertiary/aromatic N) is 4. The Morgan fingerprint density at radius 1 is 1.75 bits per heavy atom. The highest BCUT2D eigenvalue weighted by Crippen LogP contribution is 1.69. The Bertz CT molecular complexity index is 157. The number of hydrogen-bond acceptors (Lipinski definition) is 4. The summed E-state index contributed by atoms with van der Waals surface area (Å²) in [4.78, 5) is 14.0. The van der Waals surface area contributed by atoms with Gasteiger partial charge in [0.25, 0.3) is 0 Å². The van der Waals surface area contributed by atoms with Crippen LogP contribution in [0.25, 0.3) is 0 Å². The van der Waals surface area contributed by atoms with E-state index in [0.29, 0.717) is 0 Å². The average Bonchev–Trinajstić information content (AvgIpc) is 2.19. The van der Waals surface area contributed by atoms with Crippen LogP contribution in [0.1, 0.15) is 0 Å². The predicted molar refractivity (Wildman–Crippen MR) is 25.2 cm³/mol. The third kappa shape index (κ3) is 0.780. The van der Waals surface area contributed by atoms with Crippen molar-refractivity contribution in [2.75, 3.05) is 5.53 Å². The molecule has 1 heterocycles. The molecule has 1 aromatic heterocycles. The first-order valence-electron chi connectivity index (χ1n) is 1.86. The second-order valence-corrected chi connectivity index (χ2v) is 1.03. The van der Waals surface area contributed by atoms with Gasteiger partial charge in [-0.25, -0.2) is 4.98 Å². The van der Waals surface area contributed by atoms with Crippen LogP contribution in [-0.4, -0.2) is 14.9 Å². The van der Waals surface area contributed by atoms with E-state index in [1.807, 2.05) is 5.53 Å². The van der Waals surface area contributed by atoms with Crippen molar-refractivity contribution in [2.24, 2.45) is 5.29 Å². The smallest absolute Gasteiger partial charge is 0.139 e. The monoisotopic (exact) mass is 113 g/mol. The lowest BCUT2D eigenvalue weighted by molar-refractivity contribution is 0.749. The van der Waals surface area contributed by atoms with E-state index in [4.69, 9.17) is 0 Å². The Kier molecular flexibility index (Phi) is 1.18. The maximum atomic E-state index is 9.42. The first-order valence-corrected chi connectivity index (χ1v) is 1.86. The van der Waals surface area contributed by atoms with Crippen molar-refractivity contribution in [2.45, 2.75) is 0 Å². The second-order valence-electron chi connectivity index (χ2n) is 1.03. The van der Waals surface area contributed by atoms with E-state index in [0.717, 1.165) is 4.79 Å². The van der Waals surface area contributed by atoms with Crippen LogP contribution in [-0.2, 0) is 0 Å². The lowest BCUT2D eigenvalue weighted by atomic mass is 11.3. The molecule has 0 aliphatic heterocycles. The van der Waals surface area contributed by atoms with Crippen molar-refractivity contribution < 1.29 is 0 Å². The zero-order chi connectivity index (χ0) is 5.82. The van der Waals surface area contributed by atoms with Crippen molar-refractivity contribution in [3.8, 4) is 0 Å². The van der Waals surface area contributed by atoms with Crippen molar-refractivity contribution >= 4 is 0 Å². The second kappa shape index (κ2) is 2.01. The molecule has 0 saturated heterocycles. The number of nitroso groups, excluding NO2 is 1. The molecule has 0 radical (unpaired) electrons. The molecule has 0 bridgehead atoms. The maximum absolute atomic E-state index is 9.42. The molecule has 0 atom stereocenters. The summed E-state index contributed by atoms with van der Waals surface area (Å²) < 4.78 is 0. The molecule has 0 aromatic carbocycles. The minimum absolute atomic E-state index is 1.09. The molecule has 6 nitrogen and oxygen atoms in total. The van der Waals surface area contributed by atoms with Crippen LogP contribution in [0.2, 0.25) is 0 Å². The Labute approximate surface area is 44.4 Å². The van der Waals surface area contributed by atoms with Crippen LogP contribution in [0, 0.1) is 4.91 Å². The molecule has 1 rings (SSSR count). The Balaban J connectivity index is 2.62. The largest absolute Gasteiger partial charge is 0.221 e. The van der Waals surface area contributed by atoms with Gasteiger partial charge in [-0.1, -0.05) is 0 Å². The first-order chi connectivity index (χ1) is 3.93. The topological polar surface area (TPSA) is 72.2 Å². The fourth-order valence-corrected chi connectivity index (χ4v) is 0.302. The predicted octanol–water partition coefficient (Wildman–Crippen LogP) is -0.497. The van der Waals surface area contributed by atoms with E-state index >= 15 is 0 Å². The summed E-state index contributed by atoms with van der Waals surface area (Å²) in [6, 6.07) is 0. The van der Waals surface area contributed by atoms with Crippen LogP contribution in [0.5, 0.6) is 0 Å². The van der Waals surface area contributed by atoms with Gasteiger partial charge in [0, 0.05) is 0 Å². The number of aromatic nitrogens is 3. The zero-order valence-electron chi connectivity index (χ0n) is 3.85. The molecule has 1 N–H and O–H groups in total. The van der Waals surface area contributed by atoms with Gasteiger partial charge in [0.05, 0.1) is 5.29 Å². The molecule has 0 saturated carbocycles. The third-order valence-corrected chi connectivity index (χ3v) is 0.562. The van der Waals surface area contributed by atoms with E-state index < -0.39 is 0 Å². The summed E-state index contributed by atoms with van der Waals surface area (Å²) in [6.07, 6.45) is 2.61. The number of rotatable bonds is 2. The highest BCUT2D eigenvalue weighted by atomic mass is 16.3. The van der Waals surface area contributed by atoms with Crippen molar-refractivity contribution in [1.82, 2.24) is 14.9 Å². The van der Waals surface area contributed by atoms with Crippen LogP contribution >= 0.6 is 0 Å². The fraction of sp³-hybridized carbons (Fsp3) is 0. The minimum Gasteiger partial charge on any atom is -0.221 e. The Hall–Kier alpha value is -1.46. The van der Waals surface area contributed by atoms with E-state index in [2.05, 4.69) is 15.4 Å². The van der Waals surface area contributed by atoms with Crippen LogP contribution < -0.4 is 5.53 Å². The highest BCUT2D eigenvalue weighted by Gasteiger charge is 1.81. The summed E-state index contributed by atoms with van der Waals surface area (Å²) in [5.74, 6) is 0. The molecule has 6 heteroatoms. The van der Waals surface area contributed by atoms with Gasteiger partial charge >= 0.3 is 0 Å². The molecule has 0 amide bonds. The third-order valence-electron chi connectivity index (χ3n) is 0.562. The lowest BCUT2D eigenvalue weighted by Gasteiger charge is -1.87. The summed E-state index contributed by atoms with van der Waals surface area (Å²) in [5, 5.41) is 5.85. The van der Waals surface area contributed by atoms with Crippen LogP contribution in [0.4, 0.5) is 0 Å². The molecule has 0 aliphatic carbocycles. The molecule has 0 aliphatic rings. The maximum Gasteiger partial charge on any atom is 0.139 e. The van der Waals surface area contributed by atoms with E-state index in [9.17, 15) is 4.91 Å². The van der Waals surface area contributed by atoms with Crippen LogP contribution in [0.15, 0.2) is 17.9 Å². The molecule has 8 heavy (non-hydrogen) atoms. The van der Waals surface area contributed by atoms with Gasteiger partial charge in [0.15, 0.2) is 0 Å². The number of hydrogen-bond donors (Lipinski definition) is 1.